The van der Waals surface area contributed by atoms with Crippen molar-refractivity contribution < 1.29 is 56.3 Å². The van der Waals surface area contributed by atoms with E-state index in [1.165, 1.54) is 48.8 Å². The first-order valence-electron chi connectivity index (χ1n) is 23.4. The second-order valence-corrected chi connectivity index (χ2v) is 18.1. The summed E-state index contributed by atoms with van der Waals surface area (Å²) in [6, 6.07) is 0.659. The summed E-state index contributed by atoms with van der Waals surface area (Å²) in [5.41, 5.74) is 9.17. The van der Waals surface area contributed by atoms with Crippen LogP contribution in [0.25, 0.3) is 0 Å². The zero-order valence-corrected chi connectivity index (χ0v) is 39.1. The third-order valence-corrected chi connectivity index (χ3v) is 12.2. The van der Waals surface area contributed by atoms with E-state index in [0.29, 0.717) is 12.8 Å². The molecule has 13 nitrogen and oxygen atoms in total. The zero-order valence-electron chi connectivity index (χ0n) is 38.2. The van der Waals surface area contributed by atoms with Crippen LogP contribution in [0.5, 0.6) is 0 Å². The van der Waals surface area contributed by atoms with Crippen LogP contribution in [0.4, 0.5) is 0 Å². The lowest BCUT2D eigenvalue weighted by Crippen LogP contribution is -2.34. The number of nitrogens with two attached hydrogens (primary N) is 1. The van der Waals surface area contributed by atoms with E-state index in [2.05, 4.69) is 45.2 Å². The van der Waals surface area contributed by atoms with Gasteiger partial charge in [0.25, 0.3) is 0 Å². The van der Waals surface area contributed by atoms with Gasteiger partial charge in [-0.1, -0.05) is 104 Å². The molecule has 61 heavy (non-hydrogen) atoms. The van der Waals surface area contributed by atoms with E-state index in [1.807, 2.05) is 0 Å². The number of esters is 2. The van der Waals surface area contributed by atoms with Gasteiger partial charge in [-0.05, 0) is 82.1 Å². The van der Waals surface area contributed by atoms with E-state index < -0.39 is 51.1 Å². The van der Waals surface area contributed by atoms with Gasteiger partial charge in [0.1, 0.15) is 35.7 Å². The van der Waals surface area contributed by atoms with Crippen molar-refractivity contribution in [1.82, 2.24) is 0 Å². The van der Waals surface area contributed by atoms with Crippen molar-refractivity contribution in [3.05, 3.63) is 45.8 Å². The summed E-state index contributed by atoms with van der Waals surface area (Å²) >= 11 is 0. The number of carboxylic acids is 1. The predicted molar refractivity (Wildman–Crippen MR) is 238 cm³/mol. The van der Waals surface area contributed by atoms with Gasteiger partial charge in [-0.15, -0.1) is 0 Å². The monoisotopic (exact) mass is 882 g/mol. The van der Waals surface area contributed by atoms with Crippen LogP contribution in [0.15, 0.2) is 14.9 Å². The number of aliphatic carboxylic acids is 1. The number of rotatable bonds is 38. The minimum Gasteiger partial charge on any atom is -0.480 e. The fourth-order valence-corrected chi connectivity index (χ4v) is 7.98. The van der Waals surface area contributed by atoms with E-state index in [9.17, 15) is 23.8 Å². The van der Waals surface area contributed by atoms with Crippen molar-refractivity contribution in [1.29, 1.82) is 0 Å². The summed E-state index contributed by atoms with van der Waals surface area (Å²) in [5, 5.41) is 8.93. The Kier molecular flexibility index (Phi) is 28.3. The fraction of sp³-hybridized carbons (Fsp3) is 0.766. The number of phosphoric ester groups is 1. The molecule has 0 aliphatic carbocycles. The molecule has 0 saturated heterocycles. The second-order valence-electron chi connectivity index (χ2n) is 16.7. The van der Waals surface area contributed by atoms with Crippen LogP contribution in [-0.4, -0.2) is 59.9 Å². The molecule has 0 amide bonds. The maximum atomic E-state index is 12.7. The first-order valence-corrected chi connectivity index (χ1v) is 24.9. The SMILES string of the molecule is CCCCCc1cc(C)c(CCCCCCCCCCC(=O)OCC(COP(=O)(O)OCC(N)C(=O)O)OC(=O)CCCCCCCCc2oc(CCCCC)c(C)c2C)o1. The Morgan fingerprint density at radius 3 is 1.62 bits per heavy atom. The number of unbranched alkanes of at least 4 members (excludes halogenated alkanes) is 16. The number of phosphoric acid groups is 1. The van der Waals surface area contributed by atoms with Crippen LogP contribution in [-0.2, 0) is 63.2 Å². The standard InChI is InChI=1S/C47H80NO12P/c1-6-8-20-26-39-32-36(3)42(58-39)27-22-16-12-10-11-13-18-24-30-45(49)55-33-40(34-56-61(53,54)57-35-41(48)47(51)52)59-46(50)31-25-19-15-14-17-23-29-44-38(5)37(4)43(60-44)28-21-9-7-2/h32,40-41H,6-31,33-35,48H2,1-5H3,(H,51,52)(H,53,54). The average molecular weight is 882 g/mol. The van der Waals surface area contributed by atoms with Crippen LogP contribution in [0.1, 0.15) is 195 Å². The molecule has 0 spiro atoms. The van der Waals surface area contributed by atoms with Crippen molar-refractivity contribution in [3.8, 4) is 0 Å². The number of carbonyl (C=O) groups excluding carboxylic acids is 2. The van der Waals surface area contributed by atoms with Gasteiger partial charge in [0.05, 0.1) is 13.2 Å². The third-order valence-electron chi connectivity index (χ3n) is 11.2. The Morgan fingerprint density at radius 1 is 0.623 bits per heavy atom. The Hall–Kier alpha value is -2.96. The highest BCUT2D eigenvalue weighted by Gasteiger charge is 2.28. The summed E-state index contributed by atoms with van der Waals surface area (Å²) in [4.78, 5) is 46.3. The van der Waals surface area contributed by atoms with Crippen LogP contribution >= 0.6 is 7.82 Å². The summed E-state index contributed by atoms with van der Waals surface area (Å²) in [7, 11) is -4.74. The molecule has 3 atom stereocenters. The smallest absolute Gasteiger partial charge is 0.472 e. The fourth-order valence-electron chi connectivity index (χ4n) is 7.20. The Morgan fingerprint density at radius 2 is 1.08 bits per heavy atom. The second kappa shape index (κ2) is 31.8. The molecule has 2 aromatic heterocycles. The molecule has 3 unspecified atom stereocenters. The van der Waals surface area contributed by atoms with Crippen molar-refractivity contribution >= 4 is 25.7 Å². The van der Waals surface area contributed by atoms with Crippen molar-refractivity contribution in [2.45, 2.75) is 214 Å². The first kappa shape index (κ1) is 54.2. The largest absolute Gasteiger partial charge is 0.480 e. The molecule has 0 saturated carbocycles. The van der Waals surface area contributed by atoms with Crippen molar-refractivity contribution in [2.24, 2.45) is 5.73 Å². The van der Waals surface area contributed by atoms with Gasteiger partial charge in [-0.3, -0.25) is 23.4 Å². The van der Waals surface area contributed by atoms with Gasteiger partial charge in [0.15, 0.2) is 6.10 Å². The molecule has 0 aliphatic heterocycles. The number of carboxylic acid groups (broad SMARTS) is 1. The van der Waals surface area contributed by atoms with Gasteiger partial charge >= 0.3 is 25.7 Å². The predicted octanol–water partition coefficient (Wildman–Crippen LogP) is 11.3. The Balaban J connectivity index is 1.66. The number of aryl methyl sites for hydroxylation is 5. The molecular weight excluding hydrogens is 801 g/mol. The third kappa shape index (κ3) is 24.5. The highest BCUT2D eigenvalue weighted by atomic mass is 31.2. The molecule has 2 heterocycles. The maximum absolute atomic E-state index is 12.7. The molecule has 14 heteroatoms. The van der Waals surface area contributed by atoms with E-state index in [-0.39, 0.29) is 19.4 Å². The van der Waals surface area contributed by atoms with Crippen molar-refractivity contribution in [2.75, 3.05) is 19.8 Å². The molecule has 2 rings (SSSR count). The molecule has 2 aromatic rings. The average Bonchev–Trinajstić information content (AvgIpc) is 3.72. The molecular formula is C47H80NO12P. The molecule has 4 N–H and O–H groups in total. The van der Waals surface area contributed by atoms with Gasteiger partial charge in [0.2, 0.25) is 0 Å². The number of hydrogen-bond acceptors (Lipinski definition) is 11. The van der Waals surface area contributed by atoms with E-state index in [4.69, 9.17) is 33.7 Å². The summed E-state index contributed by atoms with van der Waals surface area (Å²) in [5.74, 6) is 2.03. The highest BCUT2D eigenvalue weighted by Crippen LogP contribution is 2.43. The Labute approximate surface area is 366 Å². The van der Waals surface area contributed by atoms with E-state index in [0.717, 1.165) is 132 Å². The topological polar surface area (TPSA) is 198 Å². The lowest BCUT2D eigenvalue weighted by atomic mass is 10.0. The number of carbonyl (C=O) groups is 3. The molecule has 0 radical (unpaired) electrons. The molecule has 0 aliphatic rings. The molecule has 0 aromatic carbocycles. The van der Waals surface area contributed by atoms with Gasteiger partial charge < -0.3 is 34.0 Å². The normalized spacial score (nSPS) is 13.6. The van der Waals surface area contributed by atoms with Gasteiger partial charge in [-0.25, -0.2) is 4.57 Å². The van der Waals surface area contributed by atoms with Gasteiger partial charge in [0, 0.05) is 38.5 Å². The highest BCUT2D eigenvalue weighted by molar-refractivity contribution is 7.47. The lowest BCUT2D eigenvalue weighted by molar-refractivity contribution is -0.161. The lowest BCUT2D eigenvalue weighted by Gasteiger charge is -2.20. The first-order chi connectivity index (χ1) is 29.3. The molecule has 350 valence electrons. The van der Waals surface area contributed by atoms with Crippen LogP contribution in [0.3, 0.4) is 0 Å². The minimum absolute atomic E-state index is 0.126. The van der Waals surface area contributed by atoms with E-state index in [1.54, 1.807) is 0 Å². The van der Waals surface area contributed by atoms with Crippen LogP contribution < -0.4 is 5.73 Å². The summed E-state index contributed by atoms with van der Waals surface area (Å²) < 4.78 is 45.2. The summed E-state index contributed by atoms with van der Waals surface area (Å²) in [6.45, 7) is 9.10. The number of hydrogen-bond donors (Lipinski definition) is 3. The number of ether oxygens (including phenoxy) is 2. The quantitative estimate of drug-likeness (QED) is 0.0327. The number of furan rings is 2. The molecule has 0 bridgehead atoms. The minimum atomic E-state index is -4.74. The van der Waals surface area contributed by atoms with Gasteiger partial charge in [-0.2, -0.15) is 0 Å². The zero-order chi connectivity index (χ0) is 44.9. The van der Waals surface area contributed by atoms with E-state index >= 15 is 0 Å². The summed E-state index contributed by atoms with van der Waals surface area (Å²) in [6.07, 6.45) is 24.0. The molecule has 0 fully saturated rings. The van der Waals surface area contributed by atoms with Crippen LogP contribution in [0.2, 0.25) is 0 Å². The maximum Gasteiger partial charge on any atom is 0.472 e. The van der Waals surface area contributed by atoms with Crippen molar-refractivity contribution in [3.63, 3.8) is 0 Å². The van der Waals surface area contributed by atoms with Crippen LogP contribution in [0, 0.1) is 20.8 Å². The Bertz CT molecular complexity index is 1570.